The number of benzene rings is 1. The van der Waals surface area contributed by atoms with Crippen LogP contribution < -0.4 is 10.1 Å². The summed E-state index contributed by atoms with van der Waals surface area (Å²) < 4.78 is 17.0. The molecule has 0 radical (unpaired) electrons. The van der Waals surface area contributed by atoms with Crippen molar-refractivity contribution in [1.29, 1.82) is 0 Å². The number of rotatable bonds is 8. The lowest BCUT2D eigenvalue weighted by atomic mass is 9.74. The Labute approximate surface area is 200 Å². The highest BCUT2D eigenvalue weighted by Gasteiger charge is 2.39. The highest BCUT2D eigenvalue weighted by atomic mass is 16.5. The van der Waals surface area contributed by atoms with Crippen molar-refractivity contribution < 1.29 is 28.7 Å². The minimum absolute atomic E-state index is 0.0786. The second kappa shape index (κ2) is 10.5. The van der Waals surface area contributed by atoms with E-state index >= 15 is 0 Å². The number of aryl methyl sites for hydroxylation is 1. The molecule has 2 atom stereocenters. The lowest BCUT2D eigenvalue weighted by Crippen LogP contribution is -2.37. The molecule has 8 heteroatoms. The van der Waals surface area contributed by atoms with E-state index < -0.39 is 17.5 Å². The fourth-order valence-corrected chi connectivity index (χ4v) is 5.02. The second-order valence-corrected chi connectivity index (χ2v) is 9.91. The van der Waals surface area contributed by atoms with Crippen molar-refractivity contribution in [2.45, 2.75) is 77.9 Å². The van der Waals surface area contributed by atoms with Crippen LogP contribution in [0, 0.1) is 18.3 Å². The van der Waals surface area contributed by atoms with E-state index in [1.54, 1.807) is 6.92 Å². The number of aromatic nitrogens is 1. The zero-order valence-corrected chi connectivity index (χ0v) is 20.0. The SMILES string of the molecule is Cc1noc(-c2ccc(OC3CCCC(C)(C(=O)O)C3)cc2)c1COC(=O)NCC1CCCC1. The molecular weight excluding hydrogens is 436 g/mol. The van der Waals surface area contributed by atoms with E-state index in [0.29, 0.717) is 42.5 Å². The van der Waals surface area contributed by atoms with Crippen molar-refractivity contribution in [1.82, 2.24) is 10.5 Å². The summed E-state index contributed by atoms with van der Waals surface area (Å²) in [5.41, 5.74) is 1.47. The number of hydrogen-bond donors (Lipinski definition) is 2. The summed E-state index contributed by atoms with van der Waals surface area (Å²) in [5.74, 6) is 1.03. The molecule has 8 nitrogen and oxygen atoms in total. The second-order valence-electron chi connectivity index (χ2n) is 9.91. The molecule has 2 aromatic rings. The van der Waals surface area contributed by atoms with Gasteiger partial charge in [0.05, 0.1) is 22.8 Å². The summed E-state index contributed by atoms with van der Waals surface area (Å²) >= 11 is 0. The number of carbonyl (C=O) groups excluding carboxylic acids is 1. The fraction of sp³-hybridized carbons (Fsp3) is 0.577. The molecule has 2 N–H and O–H groups in total. The van der Waals surface area contributed by atoms with Gasteiger partial charge in [0.25, 0.3) is 0 Å². The molecule has 1 aromatic heterocycles. The highest BCUT2D eigenvalue weighted by molar-refractivity contribution is 5.74. The third kappa shape index (κ3) is 5.72. The Hall–Kier alpha value is -3.03. The quantitative estimate of drug-likeness (QED) is 0.525. The molecule has 0 bridgehead atoms. The van der Waals surface area contributed by atoms with Crippen LogP contribution in [0.2, 0.25) is 0 Å². The molecule has 34 heavy (non-hydrogen) atoms. The number of aliphatic carboxylic acids is 1. The van der Waals surface area contributed by atoms with Crippen LogP contribution >= 0.6 is 0 Å². The Bertz CT molecular complexity index is 995. The Morgan fingerprint density at radius 1 is 1.18 bits per heavy atom. The predicted octanol–water partition coefficient (Wildman–Crippen LogP) is 5.48. The molecule has 1 heterocycles. The van der Waals surface area contributed by atoms with Crippen molar-refractivity contribution in [3.63, 3.8) is 0 Å². The van der Waals surface area contributed by atoms with Crippen LogP contribution in [0.15, 0.2) is 28.8 Å². The van der Waals surface area contributed by atoms with Gasteiger partial charge in [0.1, 0.15) is 12.4 Å². The maximum Gasteiger partial charge on any atom is 0.407 e. The van der Waals surface area contributed by atoms with Crippen LogP contribution in [0.4, 0.5) is 4.79 Å². The molecule has 0 saturated heterocycles. The Kier molecular flexibility index (Phi) is 7.44. The number of alkyl carbamates (subject to hydrolysis) is 1. The monoisotopic (exact) mass is 470 g/mol. The maximum atomic E-state index is 12.1. The first kappa shape index (κ1) is 24.1. The zero-order chi connectivity index (χ0) is 24.1. The topological polar surface area (TPSA) is 111 Å². The average Bonchev–Trinajstić information content (AvgIpc) is 3.46. The molecule has 1 aromatic carbocycles. The molecule has 2 aliphatic rings. The third-order valence-electron chi connectivity index (χ3n) is 7.21. The number of carboxylic acids is 1. The minimum Gasteiger partial charge on any atom is -0.490 e. The van der Waals surface area contributed by atoms with Crippen LogP contribution in [-0.4, -0.2) is 35.0 Å². The van der Waals surface area contributed by atoms with Gasteiger partial charge in [-0.3, -0.25) is 4.79 Å². The van der Waals surface area contributed by atoms with Gasteiger partial charge < -0.3 is 24.4 Å². The molecule has 2 unspecified atom stereocenters. The largest absolute Gasteiger partial charge is 0.490 e. The first-order valence-corrected chi connectivity index (χ1v) is 12.2. The Morgan fingerprint density at radius 2 is 1.91 bits per heavy atom. The molecule has 4 rings (SSSR count). The summed E-state index contributed by atoms with van der Waals surface area (Å²) in [6, 6.07) is 7.44. The number of carbonyl (C=O) groups is 2. The molecule has 184 valence electrons. The zero-order valence-electron chi connectivity index (χ0n) is 20.0. The van der Waals surface area contributed by atoms with E-state index in [-0.39, 0.29) is 12.7 Å². The Morgan fingerprint density at radius 3 is 2.62 bits per heavy atom. The number of amides is 1. The number of nitrogens with one attached hydrogen (secondary N) is 1. The van der Waals surface area contributed by atoms with Crippen LogP contribution in [0.25, 0.3) is 11.3 Å². The summed E-state index contributed by atoms with van der Waals surface area (Å²) in [6.07, 6.45) is 7.08. The summed E-state index contributed by atoms with van der Waals surface area (Å²) in [5, 5.41) is 16.4. The van der Waals surface area contributed by atoms with Gasteiger partial charge in [0.2, 0.25) is 0 Å². The van der Waals surface area contributed by atoms with Crippen molar-refractivity contribution in [3.05, 3.63) is 35.5 Å². The smallest absolute Gasteiger partial charge is 0.407 e. The minimum atomic E-state index is -0.765. The van der Waals surface area contributed by atoms with Gasteiger partial charge in [-0.1, -0.05) is 18.0 Å². The van der Waals surface area contributed by atoms with E-state index in [1.807, 2.05) is 31.2 Å². The standard InChI is InChI=1S/C26H34N2O6/c1-17-22(16-32-25(31)27-15-18-6-3-4-7-18)23(34-28-17)19-9-11-20(12-10-19)33-21-8-5-13-26(2,14-21)24(29)30/h9-12,18,21H,3-8,13-16H2,1-2H3,(H,27,31)(H,29,30). The van der Waals surface area contributed by atoms with Crippen LogP contribution in [0.1, 0.15) is 69.5 Å². The predicted molar refractivity (Wildman–Crippen MR) is 125 cm³/mol. The summed E-state index contributed by atoms with van der Waals surface area (Å²) in [4.78, 5) is 23.7. The third-order valence-corrected chi connectivity index (χ3v) is 7.21. The van der Waals surface area contributed by atoms with Crippen LogP contribution in [-0.2, 0) is 16.1 Å². The van der Waals surface area contributed by atoms with Gasteiger partial charge in [-0.2, -0.15) is 0 Å². The molecule has 0 aliphatic heterocycles. The van der Waals surface area contributed by atoms with E-state index in [9.17, 15) is 14.7 Å². The average molecular weight is 471 g/mol. The van der Waals surface area contributed by atoms with E-state index in [0.717, 1.165) is 36.8 Å². The van der Waals surface area contributed by atoms with E-state index in [1.165, 1.54) is 12.8 Å². The van der Waals surface area contributed by atoms with Gasteiger partial charge in [-0.15, -0.1) is 0 Å². The fourth-order valence-electron chi connectivity index (χ4n) is 5.02. The number of hydrogen-bond acceptors (Lipinski definition) is 6. The van der Waals surface area contributed by atoms with Crippen molar-refractivity contribution in [2.24, 2.45) is 11.3 Å². The normalized spacial score (nSPS) is 22.9. The summed E-state index contributed by atoms with van der Waals surface area (Å²) in [6.45, 7) is 4.35. The van der Waals surface area contributed by atoms with Crippen molar-refractivity contribution in [3.8, 4) is 17.1 Å². The maximum absolute atomic E-state index is 12.1. The lowest BCUT2D eigenvalue weighted by molar-refractivity contribution is -0.151. The molecule has 2 aliphatic carbocycles. The van der Waals surface area contributed by atoms with Gasteiger partial charge in [0.15, 0.2) is 5.76 Å². The first-order chi connectivity index (χ1) is 16.3. The molecule has 2 fully saturated rings. The summed E-state index contributed by atoms with van der Waals surface area (Å²) in [7, 11) is 0. The molecule has 2 saturated carbocycles. The van der Waals surface area contributed by atoms with E-state index in [4.69, 9.17) is 14.0 Å². The number of nitrogens with zero attached hydrogens (tertiary/aromatic N) is 1. The van der Waals surface area contributed by atoms with Gasteiger partial charge in [0, 0.05) is 18.5 Å². The van der Waals surface area contributed by atoms with Crippen molar-refractivity contribution in [2.75, 3.05) is 6.54 Å². The van der Waals surface area contributed by atoms with Crippen LogP contribution in [0.5, 0.6) is 5.75 Å². The lowest BCUT2D eigenvalue weighted by Gasteiger charge is -2.34. The molecule has 0 spiro atoms. The van der Waals surface area contributed by atoms with Crippen molar-refractivity contribution >= 4 is 12.1 Å². The van der Waals surface area contributed by atoms with E-state index in [2.05, 4.69) is 10.5 Å². The molecule has 1 amide bonds. The molecular formula is C26H34N2O6. The first-order valence-electron chi connectivity index (χ1n) is 12.2. The Balaban J connectivity index is 1.34. The van der Waals surface area contributed by atoms with Crippen LogP contribution in [0.3, 0.4) is 0 Å². The van der Waals surface area contributed by atoms with Gasteiger partial charge in [-0.05, 0) is 76.1 Å². The number of carboxylic acid groups (broad SMARTS) is 1. The van der Waals surface area contributed by atoms with Gasteiger partial charge >= 0.3 is 12.1 Å². The number of ether oxygens (including phenoxy) is 2. The highest BCUT2D eigenvalue weighted by Crippen LogP contribution is 2.38. The van der Waals surface area contributed by atoms with Gasteiger partial charge in [-0.25, -0.2) is 4.79 Å².